The van der Waals surface area contributed by atoms with Gasteiger partial charge in [-0.25, -0.2) is 8.78 Å². The fourth-order valence-electron chi connectivity index (χ4n) is 2.95. The second-order valence-electron chi connectivity index (χ2n) is 5.35. The van der Waals surface area contributed by atoms with Crippen LogP contribution in [0.15, 0.2) is 22.7 Å². The van der Waals surface area contributed by atoms with Crippen LogP contribution < -0.4 is 5.73 Å². The van der Waals surface area contributed by atoms with Crippen LogP contribution in [0.1, 0.15) is 31.4 Å². The molecule has 1 aliphatic carbocycles. The number of hydrogen-bond acceptors (Lipinski definition) is 3. The van der Waals surface area contributed by atoms with Crippen molar-refractivity contribution in [3.05, 3.63) is 35.5 Å². The number of nitrogens with two attached hydrogens (primary N) is 1. The summed E-state index contributed by atoms with van der Waals surface area (Å²) in [6, 6.07) is 3.44. The molecule has 1 fully saturated rings. The first-order chi connectivity index (χ1) is 9.65. The third-order valence-corrected chi connectivity index (χ3v) is 3.95. The van der Waals surface area contributed by atoms with Gasteiger partial charge in [0, 0.05) is 11.6 Å². The fraction of sp³-hybridized carbons (Fsp3) is 0.400. The minimum absolute atomic E-state index is 0.0866. The van der Waals surface area contributed by atoms with Gasteiger partial charge in [0.25, 0.3) is 0 Å². The molecule has 0 spiro atoms. The van der Waals surface area contributed by atoms with Gasteiger partial charge in [-0.05, 0) is 24.5 Å². The van der Waals surface area contributed by atoms with Crippen molar-refractivity contribution in [1.29, 1.82) is 0 Å². The van der Waals surface area contributed by atoms with Gasteiger partial charge < -0.3 is 10.3 Å². The number of nitrogen functional groups attached to an aromatic ring is 1. The summed E-state index contributed by atoms with van der Waals surface area (Å²) in [6.07, 6.45) is 5.47. The maximum absolute atomic E-state index is 13.9. The monoisotopic (exact) mass is 278 g/mol. The number of aromatic nitrogens is 1. The normalized spacial score (nSPS) is 15.9. The van der Waals surface area contributed by atoms with E-state index in [-0.39, 0.29) is 11.4 Å². The molecule has 1 aliphatic rings. The summed E-state index contributed by atoms with van der Waals surface area (Å²) in [5.41, 5.74) is 7.15. The highest BCUT2D eigenvalue weighted by Gasteiger charge is 2.23. The Hall–Kier alpha value is -1.91. The lowest BCUT2D eigenvalue weighted by atomic mass is 9.96. The maximum Gasteiger partial charge on any atom is 0.230 e. The van der Waals surface area contributed by atoms with Crippen LogP contribution in [0.25, 0.3) is 11.1 Å². The third kappa shape index (κ3) is 2.40. The zero-order chi connectivity index (χ0) is 14.1. The summed E-state index contributed by atoms with van der Waals surface area (Å²) in [6.45, 7) is 0. The summed E-state index contributed by atoms with van der Waals surface area (Å²) in [7, 11) is 0. The summed E-state index contributed by atoms with van der Waals surface area (Å²) in [4.78, 5) is 0. The SMILES string of the molecule is Nc1onc(CC2CCCC2)c1-c1ccc(F)cc1F. The van der Waals surface area contributed by atoms with Crippen LogP contribution >= 0.6 is 0 Å². The molecule has 2 N–H and O–H groups in total. The topological polar surface area (TPSA) is 52.0 Å². The predicted molar refractivity (Wildman–Crippen MR) is 71.9 cm³/mol. The molecular formula is C15H16F2N2O. The molecule has 5 heteroatoms. The van der Waals surface area contributed by atoms with Gasteiger partial charge in [-0.2, -0.15) is 0 Å². The molecule has 3 nitrogen and oxygen atoms in total. The van der Waals surface area contributed by atoms with Crippen LogP contribution in [-0.2, 0) is 6.42 Å². The second kappa shape index (κ2) is 5.23. The molecule has 2 aromatic rings. The summed E-state index contributed by atoms with van der Waals surface area (Å²) >= 11 is 0. The standard InChI is InChI=1S/C15H16F2N2O/c16-10-5-6-11(12(17)8-10)14-13(19-20-15(14)18)7-9-3-1-2-4-9/h5-6,8-9H,1-4,7,18H2. The molecule has 0 radical (unpaired) electrons. The molecule has 1 saturated carbocycles. The first kappa shape index (κ1) is 13.1. The zero-order valence-corrected chi connectivity index (χ0v) is 11.0. The van der Waals surface area contributed by atoms with Crippen LogP contribution in [0.3, 0.4) is 0 Å². The average Bonchev–Trinajstić information content (AvgIpc) is 3.02. The Labute approximate surface area is 115 Å². The van der Waals surface area contributed by atoms with E-state index in [1.807, 2.05) is 0 Å². The van der Waals surface area contributed by atoms with E-state index in [1.165, 1.54) is 25.0 Å². The molecule has 1 aromatic carbocycles. The number of nitrogens with zero attached hydrogens (tertiary/aromatic N) is 1. The van der Waals surface area contributed by atoms with Gasteiger partial charge in [0.2, 0.25) is 5.88 Å². The lowest BCUT2D eigenvalue weighted by Gasteiger charge is -2.08. The van der Waals surface area contributed by atoms with E-state index in [0.717, 1.165) is 25.3 Å². The van der Waals surface area contributed by atoms with Gasteiger partial charge >= 0.3 is 0 Å². The molecule has 0 unspecified atom stereocenters. The molecule has 0 atom stereocenters. The molecular weight excluding hydrogens is 262 g/mol. The van der Waals surface area contributed by atoms with Crippen molar-refractivity contribution in [1.82, 2.24) is 5.16 Å². The minimum Gasteiger partial charge on any atom is -0.367 e. The van der Waals surface area contributed by atoms with Crippen LogP contribution in [0.2, 0.25) is 0 Å². The van der Waals surface area contributed by atoms with Gasteiger partial charge in [-0.3, -0.25) is 0 Å². The van der Waals surface area contributed by atoms with Crippen molar-refractivity contribution in [2.75, 3.05) is 5.73 Å². The van der Waals surface area contributed by atoms with Gasteiger partial charge in [0.1, 0.15) is 11.6 Å². The minimum atomic E-state index is -0.646. The Balaban J connectivity index is 1.97. The van der Waals surface area contributed by atoms with E-state index in [0.29, 0.717) is 17.2 Å². The van der Waals surface area contributed by atoms with E-state index < -0.39 is 11.6 Å². The van der Waals surface area contributed by atoms with Crippen molar-refractivity contribution in [2.45, 2.75) is 32.1 Å². The van der Waals surface area contributed by atoms with E-state index >= 15 is 0 Å². The van der Waals surface area contributed by atoms with E-state index in [1.54, 1.807) is 0 Å². The van der Waals surface area contributed by atoms with Crippen molar-refractivity contribution in [3.63, 3.8) is 0 Å². The molecule has 0 bridgehead atoms. The first-order valence-electron chi connectivity index (χ1n) is 6.84. The highest BCUT2D eigenvalue weighted by Crippen LogP contribution is 2.36. The Morgan fingerprint density at radius 2 is 2.00 bits per heavy atom. The number of benzene rings is 1. The van der Waals surface area contributed by atoms with Crippen LogP contribution in [-0.4, -0.2) is 5.16 Å². The van der Waals surface area contributed by atoms with E-state index in [9.17, 15) is 8.78 Å². The van der Waals surface area contributed by atoms with E-state index in [2.05, 4.69) is 5.16 Å². The Morgan fingerprint density at radius 3 is 2.70 bits per heavy atom. The molecule has 0 aliphatic heterocycles. The first-order valence-corrected chi connectivity index (χ1v) is 6.84. The molecule has 106 valence electrons. The Kier molecular flexibility index (Phi) is 3.42. The molecule has 1 heterocycles. The van der Waals surface area contributed by atoms with E-state index in [4.69, 9.17) is 10.3 Å². The lowest BCUT2D eigenvalue weighted by Crippen LogP contribution is -2.01. The molecule has 0 amide bonds. The molecule has 20 heavy (non-hydrogen) atoms. The highest BCUT2D eigenvalue weighted by atomic mass is 19.1. The quantitative estimate of drug-likeness (QED) is 0.925. The number of halogens is 2. The predicted octanol–water partition coefficient (Wildman–Crippen LogP) is 3.93. The number of hydrogen-bond donors (Lipinski definition) is 1. The summed E-state index contributed by atoms with van der Waals surface area (Å²) in [5.74, 6) is -0.628. The maximum atomic E-state index is 13.9. The third-order valence-electron chi connectivity index (χ3n) is 3.95. The van der Waals surface area contributed by atoms with Crippen LogP contribution in [0.4, 0.5) is 14.7 Å². The van der Waals surface area contributed by atoms with Gasteiger partial charge in [-0.15, -0.1) is 0 Å². The largest absolute Gasteiger partial charge is 0.367 e. The van der Waals surface area contributed by atoms with Crippen molar-refractivity contribution < 1.29 is 13.3 Å². The summed E-state index contributed by atoms with van der Waals surface area (Å²) in [5, 5.41) is 3.96. The highest BCUT2D eigenvalue weighted by molar-refractivity contribution is 5.75. The number of rotatable bonds is 3. The molecule has 1 aromatic heterocycles. The average molecular weight is 278 g/mol. The van der Waals surface area contributed by atoms with Gasteiger partial charge in [0.05, 0.1) is 11.3 Å². The fourth-order valence-corrected chi connectivity index (χ4v) is 2.95. The lowest BCUT2D eigenvalue weighted by molar-refractivity contribution is 0.417. The van der Waals surface area contributed by atoms with Crippen molar-refractivity contribution in [3.8, 4) is 11.1 Å². The Morgan fingerprint density at radius 1 is 1.25 bits per heavy atom. The van der Waals surface area contributed by atoms with Crippen LogP contribution in [0.5, 0.6) is 0 Å². The van der Waals surface area contributed by atoms with Gasteiger partial charge in [-0.1, -0.05) is 30.8 Å². The van der Waals surface area contributed by atoms with Crippen LogP contribution in [0, 0.1) is 17.6 Å². The van der Waals surface area contributed by atoms with Crippen molar-refractivity contribution in [2.24, 2.45) is 5.92 Å². The molecule has 0 saturated heterocycles. The Bertz CT molecular complexity index is 618. The van der Waals surface area contributed by atoms with Crippen molar-refractivity contribution >= 4 is 5.88 Å². The summed E-state index contributed by atoms with van der Waals surface area (Å²) < 4.78 is 31.9. The zero-order valence-electron chi connectivity index (χ0n) is 11.0. The second-order valence-corrected chi connectivity index (χ2v) is 5.35. The molecule has 3 rings (SSSR count). The van der Waals surface area contributed by atoms with Gasteiger partial charge in [0.15, 0.2) is 0 Å². The number of anilines is 1. The smallest absolute Gasteiger partial charge is 0.230 e.